The van der Waals surface area contributed by atoms with Gasteiger partial charge in [0.2, 0.25) is 11.8 Å². The largest absolute Gasteiger partial charge is 0.481 e. The van der Waals surface area contributed by atoms with Gasteiger partial charge in [0.1, 0.15) is 0 Å². The molecule has 0 aliphatic carbocycles. The monoisotopic (exact) mass is 298 g/mol. The molecule has 1 fully saturated rings. The maximum atomic E-state index is 12.1. The molecule has 0 saturated carbocycles. The minimum atomic E-state index is -0.968. The molecular formula is C15H26N2O4. The molecule has 0 bridgehead atoms. The molecular weight excluding hydrogens is 272 g/mol. The van der Waals surface area contributed by atoms with Gasteiger partial charge in [-0.25, -0.2) is 0 Å². The first kappa shape index (κ1) is 17.5. The summed E-state index contributed by atoms with van der Waals surface area (Å²) in [5, 5.41) is 12.3. The number of likely N-dealkylation sites (tertiary alicyclic amines) is 1. The number of nitrogens with one attached hydrogen (secondary N) is 1. The molecule has 0 unspecified atom stereocenters. The van der Waals surface area contributed by atoms with E-state index in [1.807, 2.05) is 0 Å². The third kappa shape index (κ3) is 4.44. The molecule has 1 aliphatic rings. The van der Waals surface area contributed by atoms with Crippen molar-refractivity contribution in [2.24, 2.45) is 5.41 Å². The lowest BCUT2D eigenvalue weighted by molar-refractivity contribution is -0.152. The topological polar surface area (TPSA) is 86.7 Å². The summed E-state index contributed by atoms with van der Waals surface area (Å²) >= 11 is 0. The van der Waals surface area contributed by atoms with Crippen molar-refractivity contribution in [2.45, 2.75) is 58.9 Å². The first-order valence-electron chi connectivity index (χ1n) is 7.63. The van der Waals surface area contributed by atoms with E-state index in [-0.39, 0.29) is 24.3 Å². The van der Waals surface area contributed by atoms with Gasteiger partial charge in [0.05, 0.1) is 5.41 Å². The summed E-state index contributed by atoms with van der Waals surface area (Å²) in [5.41, 5.74) is -0.968. The van der Waals surface area contributed by atoms with Gasteiger partial charge >= 0.3 is 5.97 Å². The molecule has 6 heteroatoms. The van der Waals surface area contributed by atoms with Gasteiger partial charge in [0.15, 0.2) is 0 Å². The Hall–Kier alpha value is -1.59. The van der Waals surface area contributed by atoms with Crippen molar-refractivity contribution in [3.63, 3.8) is 0 Å². The van der Waals surface area contributed by atoms with E-state index in [0.29, 0.717) is 25.9 Å². The fraction of sp³-hybridized carbons (Fsp3) is 0.800. The van der Waals surface area contributed by atoms with Crippen LogP contribution in [0.3, 0.4) is 0 Å². The highest BCUT2D eigenvalue weighted by Crippen LogP contribution is 2.31. The Morgan fingerprint density at radius 3 is 2.10 bits per heavy atom. The highest BCUT2D eigenvalue weighted by molar-refractivity contribution is 5.85. The van der Waals surface area contributed by atoms with Gasteiger partial charge < -0.3 is 15.3 Å². The molecule has 2 N–H and O–H groups in total. The van der Waals surface area contributed by atoms with Crippen molar-refractivity contribution in [3.05, 3.63) is 0 Å². The second kappa shape index (κ2) is 7.43. The number of hydrogen-bond acceptors (Lipinski definition) is 3. The minimum Gasteiger partial charge on any atom is -0.481 e. The van der Waals surface area contributed by atoms with Gasteiger partial charge in [0, 0.05) is 32.5 Å². The van der Waals surface area contributed by atoms with Crippen LogP contribution in [0, 0.1) is 5.41 Å². The third-order valence-electron chi connectivity index (χ3n) is 4.61. The number of piperidine rings is 1. The first-order chi connectivity index (χ1) is 9.84. The molecule has 0 radical (unpaired) electrons. The van der Waals surface area contributed by atoms with Gasteiger partial charge in [-0.2, -0.15) is 0 Å². The predicted molar refractivity (Wildman–Crippen MR) is 78.7 cm³/mol. The van der Waals surface area contributed by atoms with Crippen LogP contribution in [0.2, 0.25) is 0 Å². The molecule has 0 atom stereocenters. The number of aliphatic carboxylic acids is 1. The van der Waals surface area contributed by atoms with Crippen LogP contribution in [-0.2, 0) is 14.4 Å². The Labute approximate surface area is 125 Å². The van der Waals surface area contributed by atoms with Crippen molar-refractivity contribution in [2.75, 3.05) is 13.1 Å². The highest BCUT2D eigenvalue weighted by Gasteiger charge is 2.37. The lowest BCUT2D eigenvalue weighted by Crippen LogP contribution is -2.47. The zero-order valence-corrected chi connectivity index (χ0v) is 13.1. The van der Waals surface area contributed by atoms with Crippen molar-refractivity contribution >= 4 is 17.8 Å². The second-order valence-electron chi connectivity index (χ2n) is 5.82. The molecule has 1 rings (SSSR count). The quantitative estimate of drug-likeness (QED) is 0.776. The van der Waals surface area contributed by atoms with E-state index in [9.17, 15) is 19.5 Å². The summed E-state index contributed by atoms with van der Waals surface area (Å²) in [6.07, 6.45) is 2.35. The lowest BCUT2D eigenvalue weighted by atomic mass is 9.79. The van der Waals surface area contributed by atoms with E-state index in [0.717, 1.165) is 12.8 Å². The molecule has 6 nitrogen and oxygen atoms in total. The van der Waals surface area contributed by atoms with E-state index in [4.69, 9.17) is 0 Å². The predicted octanol–water partition coefficient (Wildman–Crippen LogP) is 1.39. The Morgan fingerprint density at radius 2 is 1.71 bits per heavy atom. The van der Waals surface area contributed by atoms with E-state index in [1.54, 1.807) is 25.7 Å². The van der Waals surface area contributed by atoms with Crippen molar-refractivity contribution in [1.82, 2.24) is 10.2 Å². The van der Waals surface area contributed by atoms with Crippen LogP contribution in [0.15, 0.2) is 0 Å². The van der Waals surface area contributed by atoms with Crippen LogP contribution >= 0.6 is 0 Å². The number of carboxylic acids is 1. The molecule has 120 valence electrons. The van der Waals surface area contributed by atoms with Crippen molar-refractivity contribution < 1.29 is 19.5 Å². The number of hydrogen-bond donors (Lipinski definition) is 2. The standard InChI is InChI=1S/C15H26N2O4/c1-4-15(5-2,14(20)21)10-13(19)16-12-6-8-17(9-7-12)11(3)18/h12H,4-10H2,1-3H3,(H,16,19)(H,20,21). The number of nitrogens with zero attached hydrogens (tertiary/aromatic N) is 1. The van der Waals surface area contributed by atoms with E-state index in [2.05, 4.69) is 5.32 Å². The van der Waals surface area contributed by atoms with Crippen LogP contribution in [0.4, 0.5) is 0 Å². The zero-order chi connectivity index (χ0) is 16.0. The number of carbonyl (C=O) groups excluding carboxylic acids is 2. The summed E-state index contributed by atoms with van der Waals surface area (Å²) < 4.78 is 0. The summed E-state index contributed by atoms with van der Waals surface area (Å²) in [7, 11) is 0. The molecule has 0 aromatic carbocycles. The van der Waals surface area contributed by atoms with Crippen molar-refractivity contribution in [1.29, 1.82) is 0 Å². The highest BCUT2D eigenvalue weighted by atomic mass is 16.4. The number of amides is 2. The Bertz CT molecular complexity index is 396. The van der Waals surface area contributed by atoms with Gasteiger partial charge in [-0.3, -0.25) is 14.4 Å². The van der Waals surface area contributed by atoms with E-state index >= 15 is 0 Å². The molecule has 1 aliphatic heterocycles. The lowest BCUT2D eigenvalue weighted by Gasteiger charge is -2.33. The molecule has 21 heavy (non-hydrogen) atoms. The summed E-state index contributed by atoms with van der Waals surface area (Å²) in [5.74, 6) is -1.06. The van der Waals surface area contributed by atoms with Crippen LogP contribution in [0.5, 0.6) is 0 Å². The summed E-state index contributed by atoms with van der Waals surface area (Å²) in [6, 6.07) is 0.0355. The minimum absolute atomic E-state index is 0.0161. The zero-order valence-electron chi connectivity index (χ0n) is 13.1. The van der Waals surface area contributed by atoms with Gasteiger partial charge in [-0.15, -0.1) is 0 Å². The summed E-state index contributed by atoms with van der Waals surface area (Å²) in [6.45, 7) is 6.44. The average Bonchev–Trinajstić information content (AvgIpc) is 2.45. The average molecular weight is 298 g/mol. The van der Waals surface area contributed by atoms with Crippen LogP contribution in [-0.4, -0.2) is 46.9 Å². The maximum absolute atomic E-state index is 12.1. The van der Waals surface area contributed by atoms with Gasteiger partial charge in [0.25, 0.3) is 0 Å². The summed E-state index contributed by atoms with van der Waals surface area (Å²) in [4.78, 5) is 36.5. The molecule has 0 aromatic rings. The number of carboxylic acid groups (broad SMARTS) is 1. The second-order valence-corrected chi connectivity index (χ2v) is 5.82. The van der Waals surface area contributed by atoms with Crippen LogP contribution in [0.1, 0.15) is 52.9 Å². The number of rotatable bonds is 6. The molecule has 0 aromatic heterocycles. The fourth-order valence-corrected chi connectivity index (χ4v) is 2.80. The smallest absolute Gasteiger partial charge is 0.310 e. The van der Waals surface area contributed by atoms with Crippen LogP contribution in [0.25, 0.3) is 0 Å². The Morgan fingerprint density at radius 1 is 1.19 bits per heavy atom. The van der Waals surface area contributed by atoms with E-state index < -0.39 is 11.4 Å². The maximum Gasteiger partial charge on any atom is 0.310 e. The van der Waals surface area contributed by atoms with Gasteiger partial charge in [-0.1, -0.05) is 13.8 Å². The fourth-order valence-electron chi connectivity index (χ4n) is 2.80. The molecule has 1 heterocycles. The molecule has 1 saturated heterocycles. The Balaban J connectivity index is 2.51. The van der Waals surface area contributed by atoms with Crippen LogP contribution < -0.4 is 5.32 Å². The number of carbonyl (C=O) groups is 3. The van der Waals surface area contributed by atoms with E-state index in [1.165, 1.54) is 0 Å². The molecule has 0 spiro atoms. The normalized spacial score (nSPS) is 16.6. The SMILES string of the molecule is CCC(CC)(CC(=O)NC1CCN(C(C)=O)CC1)C(=O)O. The van der Waals surface area contributed by atoms with Crippen molar-refractivity contribution in [3.8, 4) is 0 Å². The first-order valence-corrected chi connectivity index (χ1v) is 7.63. The third-order valence-corrected chi connectivity index (χ3v) is 4.61. The van der Waals surface area contributed by atoms with Gasteiger partial charge in [-0.05, 0) is 25.7 Å². The molecule has 2 amide bonds. The Kier molecular flexibility index (Phi) is 6.18.